The molecule has 0 spiro atoms. The van der Waals surface area contributed by atoms with E-state index in [2.05, 4.69) is 43.6 Å². The molecule has 0 radical (unpaired) electrons. The fourth-order valence-electron chi connectivity index (χ4n) is 2.53. The average molecular weight is 353 g/mol. The number of para-hydroxylation sites is 1. The lowest BCUT2D eigenvalue weighted by Crippen LogP contribution is -2.25. The maximum atomic E-state index is 12.8. The van der Waals surface area contributed by atoms with Gasteiger partial charge in [-0.15, -0.1) is 0 Å². The van der Waals surface area contributed by atoms with Crippen LogP contribution in [0.4, 0.5) is 0 Å². The number of aromatic nitrogens is 2. The van der Waals surface area contributed by atoms with Crippen LogP contribution in [0.1, 0.15) is 40.5 Å². The Bertz CT molecular complexity index is 667. The maximum absolute atomic E-state index is 12.8. The second-order valence-corrected chi connectivity index (χ2v) is 7.41. The van der Waals surface area contributed by atoms with Crippen LogP contribution in [0.3, 0.4) is 0 Å². The van der Waals surface area contributed by atoms with Gasteiger partial charge in [-0.3, -0.25) is 9.13 Å². The SMILES string of the molecule is CC(C)CCn1c(=O)n(CCC(C)C)c2c(Br)cccc21. The molecule has 2 rings (SSSR count). The molecule has 0 aliphatic rings. The fraction of sp³-hybridized carbons (Fsp3) is 0.588. The molecule has 0 saturated heterocycles. The number of nitrogens with zero attached hydrogens (tertiary/aromatic N) is 2. The van der Waals surface area contributed by atoms with Crippen molar-refractivity contribution in [2.45, 2.75) is 53.6 Å². The molecule has 1 aromatic carbocycles. The standard InChI is InChI=1S/C17H25BrN2O/c1-12(2)8-10-19-15-7-5-6-14(18)16(15)20(17(19)21)11-9-13(3)4/h5-7,12-13H,8-11H2,1-4H3. The topological polar surface area (TPSA) is 26.9 Å². The summed E-state index contributed by atoms with van der Waals surface area (Å²) in [7, 11) is 0. The number of rotatable bonds is 6. The molecule has 0 aliphatic heterocycles. The molecule has 0 saturated carbocycles. The van der Waals surface area contributed by atoms with Crippen LogP contribution in [-0.2, 0) is 13.1 Å². The molecule has 0 atom stereocenters. The van der Waals surface area contributed by atoms with Crippen LogP contribution in [0.2, 0.25) is 0 Å². The highest BCUT2D eigenvalue weighted by Gasteiger charge is 2.15. The lowest BCUT2D eigenvalue weighted by Gasteiger charge is -2.06. The van der Waals surface area contributed by atoms with E-state index < -0.39 is 0 Å². The van der Waals surface area contributed by atoms with E-state index in [0.717, 1.165) is 41.4 Å². The Balaban J connectivity index is 2.51. The van der Waals surface area contributed by atoms with Gasteiger partial charge < -0.3 is 0 Å². The number of hydrogen-bond donors (Lipinski definition) is 0. The Morgan fingerprint density at radius 1 is 1.00 bits per heavy atom. The zero-order chi connectivity index (χ0) is 15.6. The Morgan fingerprint density at radius 3 is 2.14 bits per heavy atom. The number of benzene rings is 1. The molecule has 21 heavy (non-hydrogen) atoms. The summed E-state index contributed by atoms with van der Waals surface area (Å²) in [6.45, 7) is 10.3. The van der Waals surface area contributed by atoms with Crippen LogP contribution in [0.25, 0.3) is 11.0 Å². The van der Waals surface area contributed by atoms with E-state index in [0.29, 0.717) is 11.8 Å². The van der Waals surface area contributed by atoms with E-state index in [4.69, 9.17) is 0 Å². The van der Waals surface area contributed by atoms with Crippen molar-refractivity contribution in [2.24, 2.45) is 11.8 Å². The van der Waals surface area contributed by atoms with Gasteiger partial charge in [-0.05, 0) is 52.7 Å². The molecular weight excluding hydrogens is 328 g/mol. The lowest BCUT2D eigenvalue weighted by molar-refractivity contribution is 0.486. The third-order valence-electron chi connectivity index (χ3n) is 3.85. The number of aryl methyl sites for hydroxylation is 2. The summed E-state index contributed by atoms with van der Waals surface area (Å²) in [5, 5.41) is 0. The summed E-state index contributed by atoms with van der Waals surface area (Å²) < 4.78 is 4.87. The highest BCUT2D eigenvalue weighted by atomic mass is 79.9. The Hall–Kier alpha value is -1.03. The van der Waals surface area contributed by atoms with Gasteiger partial charge >= 0.3 is 5.69 Å². The Morgan fingerprint density at radius 2 is 1.57 bits per heavy atom. The quantitative estimate of drug-likeness (QED) is 0.742. The van der Waals surface area contributed by atoms with Crippen molar-refractivity contribution in [3.8, 4) is 0 Å². The third-order valence-corrected chi connectivity index (χ3v) is 4.49. The van der Waals surface area contributed by atoms with E-state index in [9.17, 15) is 4.79 Å². The number of imidazole rings is 1. The van der Waals surface area contributed by atoms with Crippen molar-refractivity contribution in [3.05, 3.63) is 33.2 Å². The summed E-state index contributed by atoms with van der Waals surface area (Å²) in [6, 6.07) is 6.07. The zero-order valence-electron chi connectivity index (χ0n) is 13.4. The summed E-state index contributed by atoms with van der Waals surface area (Å²) >= 11 is 3.61. The minimum atomic E-state index is 0.123. The van der Waals surface area contributed by atoms with Crippen LogP contribution in [0.15, 0.2) is 27.5 Å². The largest absolute Gasteiger partial charge is 0.329 e. The molecule has 0 unspecified atom stereocenters. The van der Waals surface area contributed by atoms with Gasteiger partial charge in [-0.2, -0.15) is 0 Å². The predicted molar refractivity (Wildman–Crippen MR) is 92.8 cm³/mol. The van der Waals surface area contributed by atoms with Gasteiger partial charge in [0.05, 0.1) is 11.0 Å². The first-order valence-corrected chi connectivity index (χ1v) is 8.58. The smallest absolute Gasteiger partial charge is 0.292 e. The molecular formula is C17H25BrN2O. The summed E-state index contributed by atoms with van der Waals surface area (Å²) in [5.74, 6) is 1.19. The molecule has 0 bridgehead atoms. The monoisotopic (exact) mass is 352 g/mol. The van der Waals surface area contributed by atoms with Gasteiger partial charge in [0.25, 0.3) is 0 Å². The molecule has 2 aromatic rings. The highest BCUT2D eigenvalue weighted by Crippen LogP contribution is 2.24. The predicted octanol–water partition coefficient (Wildman–Crippen LogP) is 4.66. The zero-order valence-corrected chi connectivity index (χ0v) is 15.0. The summed E-state index contributed by atoms with van der Waals surface area (Å²) in [6.07, 6.45) is 2.04. The second-order valence-electron chi connectivity index (χ2n) is 6.56. The number of halogens is 1. The van der Waals surface area contributed by atoms with Gasteiger partial charge in [-0.1, -0.05) is 33.8 Å². The highest BCUT2D eigenvalue weighted by molar-refractivity contribution is 9.10. The molecule has 0 aliphatic carbocycles. The molecule has 1 heterocycles. The van der Waals surface area contributed by atoms with E-state index in [1.165, 1.54) is 0 Å². The Kier molecular flexibility index (Phi) is 5.31. The van der Waals surface area contributed by atoms with Crippen molar-refractivity contribution in [2.75, 3.05) is 0 Å². The van der Waals surface area contributed by atoms with E-state index in [-0.39, 0.29) is 5.69 Å². The first kappa shape index (κ1) is 16.3. The van der Waals surface area contributed by atoms with Gasteiger partial charge in [0.15, 0.2) is 0 Å². The van der Waals surface area contributed by atoms with Gasteiger partial charge in [0.2, 0.25) is 0 Å². The molecule has 0 fully saturated rings. The second kappa shape index (κ2) is 6.82. The van der Waals surface area contributed by atoms with E-state index in [1.807, 2.05) is 27.3 Å². The molecule has 0 N–H and O–H groups in total. The minimum Gasteiger partial charge on any atom is -0.292 e. The summed E-state index contributed by atoms with van der Waals surface area (Å²) in [4.78, 5) is 12.8. The molecule has 0 amide bonds. The van der Waals surface area contributed by atoms with Crippen LogP contribution < -0.4 is 5.69 Å². The van der Waals surface area contributed by atoms with Crippen molar-refractivity contribution in [3.63, 3.8) is 0 Å². The van der Waals surface area contributed by atoms with Gasteiger partial charge in [0.1, 0.15) is 0 Å². The molecule has 3 nitrogen and oxygen atoms in total. The first-order chi connectivity index (χ1) is 9.91. The van der Waals surface area contributed by atoms with Crippen LogP contribution in [0, 0.1) is 11.8 Å². The maximum Gasteiger partial charge on any atom is 0.329 e. The van der Waals surface area contributed by atoms with Crippen molar-refractivity contribution in [1.82, 2.24) is 9.13 Å². The number of hydrogen-bond acceptors (Lipinski definition) is 1. The molecule has 116 valence electrons. The third kappa shape index (κ3) is 3.60. The molecule has 4 heteroatoms. The lowest BCUT2D eigenvalue weighted by atomic mass is 10.1. The Labute approximate surface area is 135 Å². The number of fused-ring (bicyclic) bond motifs is 1. The van der Waals surface area contributed by atoms with E-state index in [1.54, 1.807) is 0 Å². The van der Waals surface area contributed by atoms with Crippen LogP contribution >= 0.6 is 15.9 Å². The van der Waals surface area contributed by atoms with E-state index >= 15 is 0 Å². The van der Waals surface area contributed by atoms with Crippen molar-refractivity contribution >= 4 is 27.0 Å². The first-order valence-electron chi connectivity index (χ1n) is 7.79. The fourth-order valence-corrected chi connectivity index (χ4v) is 3.10. The van der Waals surface area contributed by atoms with Crippen LogP contribution in [0.5, 0.6) is 0 Å². The summed E-state index contributed by atoms with van der Waals surface area (Å²) in [5.41, 5.74) is 2.20. The van der Waals surface area contributed by atoms with Crippen molar-refractivity contribution < 1.29 is 0 Å². The normalized spacial score (nSPS) is 12.0. The van der Waals surface area contributed by atoms with Gasteiger partial charge in [0, 0.05) is 17.6 Å². The van der Waals surface area contributed by atoms with Crippen LogP contribution in [-0.4, -0.2) is 9.13 Å². The average Bonchev–Trinajstić information content (AvgIpc) is 2.67. The minimum absolute atomic E-state index is 0.123. The van der Waals surface area contributed by atoms with Gasteiger partial charge in [-0.25, -0.2) is 4.79 Å². The molecule has 1 aromatic heterocycles. The van der Waals surface area contributed by atoms with Crippen molar-refractivity contribution in [1.29, 1.82) is 0 Å².